The van der Waals surface area contributed by atoms with Crippen LogP contribution in [0.15, 0.2) is 24.3 Å². The smallest absolute Gasteiger partial charge is 0.250 e. The topological polar surface area (TPSA) is 58.6 Å². The van der Waals surface area contributed by atoms with Crippen LogP contribution in [0, 0.1) is 5.92 Å². The van der Waals surface area contributed by atoms with Crippen LogP contribution in [-0.4, -0.2) is 31.0 Å². The van der Waals surface area contributed by atoms with E-state index in [4.69, 9.17) is 4.74 Å². The molecule has 0 spiro atoms. The number of methoxy groups -OCH3 is 1. The number of piperazine rings is 1. The predicted octanol–water partition coefficient (Wildman–Crippen LogP) is 1.96. The Morgan fingerprint density at radius 3 is 2.52 bits per heavy atom. The SMILES string of the molecule is CCC1C(=O)NC(C(C)C)C(=O)N1c1ccccc1OC. The maximum absolute atomic E-state index is 12.8. The molecular formula is C16H22N2O3. The number of ether oxygens (including phenoxy) is 1. The van der Waals surface area contributed by atoms with Crippen LogP contribution in [0.2, 0.25) is 0 Å². The molecule has 2 unspecified atom stereocenters. The third-order valence-corrected chi connectivity index (χ3v) is 3.81. The lowest BCUT2D eigenvalue weighted by Crippen LogP contribution is -2.65. The fraction of sp³-hybridized carbons (Fsp3) is 0.500. The van der Waals surface area contributed by atoms with Crippen LogP contribution in [0.25, 0.3) is 0 Å². The van der Waals surface area contributed by atoms with Gasteiger partial charge in [-0.1, -0.05) is 32.9 Å². The normalized spacial score (nSPS) is 22.4. The van der Waals surface area contributed by atoms with Crippen LogP contribution in [0.4, 0.5) is 5.69 Å². The third-order valence-electron chi connectivity index (χ3n) is 3.81. The van der Waals surface area contributed by atoms with Gasteiger partial charge in [-0.25, -0.2) is 0 Å². The summed E-state index contributed by atoms with van der Waals surface area (Å²) < 4.78 is 5.35. The number of rotatable bonds is 4. The van der Waals surface area contributed by atoms with Gasteiger partial charge >= 0.3 is 0 Å². The average molecular weight is 290 g/mol. The second kappa shape index (κ2) is 6.16. The monoisotopic (exact) mass is 290 g/mol. The van der Waals surface area contributed by atoms with E-state index < -0.39 is 12.1 Å². The van der Waals surface area contributed by atoms with Crippen molar-refractivity contribution >= 4 is 17.5 Å². The van der Waals surface area contributed by atoms with Crippen molar-refractivity contribution in [3.05, 3.63) is 24.3 Å². The molecule has 0 radical (unpaired) electrons. The molecule has 0 bridgehead atoms. The Hall–Kier alpha value is -2.04. The van der Waals surface area contributed by atoms with Crippen molar-refractivity contribution in [3.63, 3.8) is 0 Å². The second-order valence-corrected chi connectivity index (χ2v) is 5.53. The highest BCUT2D eigenvalue weighted by molar-refractivity contribution is 6.09. The molecule has 5 nitrogen and oxygen atoms in total. The van der Waals surface area contributed by atoms with Crippen molar-refractivity contribution in [1.82, 2.24) is 5.32 Å². The Morgan fingerprint density at radius 2 is 1.95 bits per heavy atom. The van der Waals surface area contributed by atoms with Crippen LogP contribution in [0.5, 0.6) is 5.75 Å². The van der Waals surface area contributed by atoms with Crippen molar-refractivity contribution in [2.24, 2.45) is 5.92 Å². The molecule has 114 valence electrons. The summed E-state index contributed by atoms with van der Waals surface area (Å²) in [5.41, 5.74) is 0.650. The summed E-state index contributed by atoms with van der Waals surface area (Å²) in [7, 11) is 1.56. The maximum Gasteiger partial charge on any atom is 0.250 e. The van der Waals surface area contributed by atoms with E-state index in [0.29, 0.717) is 17.9 Å². The summed E-state index contributed by atoms with van der Waals surface area (Å²) in [6, 6.07) is 6.31. The number of amides is 2. The Balaban J connectivity index is 2.49. The molecule has 1 aromatic rings. The molecule has 21 heavy (non-hydrogen) atoms. The highest BCUT2D eigenvalue weighted by Gasteiger charge is 2.42. The molecular weight excluding hydrogens is 268 g/mol. The first-order valence-corrected chi connectivity index (χ1v) is 7.27. The minimum absolute atomic E-state index is 0.0384. The van der Waals surface area contributed by atoms with Crippen LogP contribution in [0.1, 0.15) is 27.2 Å². The van der Waals surface area contributed by atoms with Gasteiger partial charge in [0.2, 0.25) is 5.91 Å². The molecule has 1 saturated heterocycles. The summed E-state index contributed by atoms with van der Waals surface area (Å²) in [4.78, 5) is 26.7. The van der Waals surface area contributed by atoms with E-state index in [9.17, 15) is 9.59 Å². The zero-order valence-corrected chi connectivity index (χ0v) is 12.9. The van der Waals surface area contributed by atoms with E-state index in [0.717, 1.165) is 0 Å². The standard InChI is InChI=1S/C16H22N2O3/c1-5-11-15(19)17-14(10(2)3)16(20)18(11)12-8-6-7-9-13(12)21-4/h6-11,14H,5H2,1-4H3,(H,17,19). The number of para-hydroxylation sites is 2. The lowest BCUT2D eigenvalue weighted by molar-refractivity contribution is -0.134. The lowest BCUT2D eigenvalue weighted by atomic mass is 9.96. The predicted molar refractivity (Wildman–Crippen MR) is 81.3 cm³/mol. The van der Waals surface area contributed by atoms with Crippen molar-refractivity contribution < 1.29 is 14.3 Å². The average Bonchev–Trinajstić information content (AvgIpc) is 2.48. The zero-order chi connectivity index (χ0) is 15.6. The van der Waals surface area contributed by atoms with Crippen LogP contribution >= 0.6 is 0 Å². The van der Waals surface area contributed by atoms with Gasteiger partial charge in [0.1, 0.15) is 17.8 Å². The number of nitrogens with one attached hydrogen (secondary N) is 1. The molecule has 2 amide bonds. The fourth-order valence-corrected chi connectivity index (χ4v) is 2.67. The largest absolute Gasteiger partial charge is 0.495 e. The van der Waals surface area contributed by atoms with Gasteiger partial charge in [-0.3, -0.25) is 14.5 Å². The van der Waals surface area contributed by atoms with Gasteiger partial charge in [0.25, 0.3) is 5.91 Å². The number of hydrogen-bond acceptors (Lipinski definition) is 3. The Bertz CT molecular complexity index is 542. The molecule has 1 aliphatic rings. The van der Waals surface area contributed by atoms with Crippen LogP contribution in [-0.2, 0) is 9.59 Å². The quantitative estimate of drug-likeness (QED) is 0.922. The third kappa shape index (κ3) is 2.73. The first kappa shape index (κ1) is 15.4. The number of carbonyl (C=O) groups is 2. The van der Waals surface area contributed by atoms with E-state index in [-0.39, 0.29) is 17.7 Å². The van der Waals surface area contributed by atoms with Gasteiger partial charge in [-0.05, 0) is 24.5 Å². The van der Waals surface area contributed by atoms with Crippen molar-refractivity contribution in [2.45, 2.75) is 39.3 Å². The minimum Gasteiger partial charge on any atom is -0.495 e. The summed E-state index contributed by atoms with van der Waals surface area (Å²) in [6.45, 7) is 5.75. The second-order valence-electron chi connectivity index (χ2n) is 5.53. The van der Waals surface area contributed by atoms with E-state index in [1.54, 1.807) is 18.1 Å². The first-order chi connectivity index (χ1) is 10.0. The van der Waals surface area contributed by atoms with Gasteiger partial charge in [0.05, 0.1) is 12.8 Å². The molecule has 1 aliphatic heterocycles. The number of hydrogen-bond donors (Lipinski definition) is 1. The van der Waals surface area contributed by atoms with Crippen molar-refractivity contribution in [2.75, 3.05) is 12.0 Å². The molecule has 0 saturated carbocycles. The zero-order valence-electron chi connectivity index (χ0n) is 12.9. The molecule has 2 rings (SSSR count). The number of nitrogens with zero attached hydrogens (tertiary/aromatic N) is 1. The fourth-order valence-electron chi connectivity index (χ4n) is 2.67. The van der Waals surface area contributed by atoms with E-state index in [1.807, 2.05) is 39.0 Å². The minimum atomic E-state index is -0.496. The summed E-state index contributed by atoms with van der Waals surface area (Å²) >= 11 is 0. The van der Waals surface area contributed by atoms with E-state index in [1.165, 1.54) is 0 Å². The maximum atomic E-state index is 12.8. The molecule has 1 heterocycles. The van der Waals surface area contributed by atoms with E-state index in [2.05, 4.69) is 5.32 Å². The first-order valence-electron chi connectivity index (χ1n) is 7.27. The molecule has 1 fully saturated rings. The van der Waals surface area contributed by atoms with Gasteiger partial charge < -0.3 is 10.1 Å². The van der Waals surface area contributed by atoms with Crippen molar-refractivity contribution in [1.29, 1.82) is 0 Å². The molecule has 2 atom stereocenters. The number of anilines is 1. The van der Waals surface area contributed by atoms with Gasteiger partial charge in [0, 0.05) is 0 Å². The summed E-state index contributed by atoms with van der Waals surface area (Å²) in [5.74, 6) is 0.445. The van der Waals surface area contributed by atoms with Crippen molar-refractivity contribution in [3.8, 4) is 5.75 Å². The highest BCUT2D eigenvalue weighted by atomic mass is 16.5. The van der Waals surface area contributed by atoms with Gasteiger partial charge in [0.15, 0.2) is 0 Å². The van der Waals surface area contributed by atoms with Gasteiger partial charge in [-0.2, -0.15) is 0 Å². The molecule has 0 aliphatic carbocycles. The van der Waals surface area contributed by atoms with Gasteiger partial charge in [-0.15, -0.1) is 0 Å². The molecule has 5 heteroatoms. The lowest BCUT2D eigenvalue weighted by Gasteiger charge is -2.40. The highest BCUT2D eigenvalue weighted by Crippen LogP contribution is 2.32. The Labute approximate surface area is 125 Å². The van der Waals surface area contributed by atoms with Crippen LogP contribution in [0.3, 0.4) is 0 Å². The molecule has 0 aromatic heterocycles. The number of benzene rings is 1. The summed E-state index contributed by atoms with van der Waals surface area (Å²) in [6.07, 6.45) is 0.556. The van der Waals surface area contributed by atoms with E-state index >= 15 is 0 Å². The number of carbonyl (C=O) groups excluding carboxylic acids is 2. The molecule has 1 N–H and O–H groups in total. The molecule has 1 aromatic carbocycles. The Morgan fingerprint density at radius 1 is 1.29 bits per heavy atom. The van der Waals surface area contributed by atoms with Crippen LogP contribution < -0.4 is 15.0 Å². The Kier molecular flexibility index (Phi) is 4.50. The summed E-state index contributed by atoms with van der Waals surface area (Å²) in [5, 5.41) is 2.83.